The Bertz CT molecular complexity index is 751. The number of H-pyrrole nitrogens is 1. The number of halogens is 3. The van der Waals surface area contributed by atoms with E-state index in [4.69, 9.17) is 0 Å². The smallest absolute Gasteiger partial charge is 0.334 e. The molecule has 2 aromatic rings. The number of hydrogen-bond acceptors (Lipinski definition) is 3. The number of fused-ring (bicyclic) bond motifs is 1. The van der Waals surface area contributed by atoms with Gasteiger partial charge in [0.25, 0.3) is 0 Å². The van der Waals surface area contributed by atoms with Crippen molar-refractivity contribution in [3.05, 3.63) is 24.0 Å². The summed E-state index contributed by atoms with van der Waals surface area (Å²) in [4.78, 5) is 19.8. The molecule has 0 saturated heterocycles. The molecule has 0 aliphatic heterocycles. The van der Waals surface area contributed by atoms with Gasteiger partial charge in [-0.25, -0.2) is 4.98 Å². The molecule has 0 spiro atoms. The van der Waals surface area contributed by atoms with Crippen molar-refractivity contribution in [2.75, 3.05) is 18.9 Å². The number of anilines is 1. The third-order valence-corrected chi connectivity index (χ3v) is 4.43. The van der Waals surface area contributed by atoms with Crippen molar-refractivity contribution in [3.63, 3.8) is 0 Å². The summed E-state index contributed by atoms with van der Waals surface area (Å²) >= 11 is 0. The minimum Gasteiger partial charge on any atom is -0.334 e. The third kappa shape index (κ3) is 3.69. The molecule has 5 nitrogen and oxygen atoms in total. The molecule has 1 fully saturated rings. The van der Waals surface area contributed by atoms with Gasteiger partial charge in [-0.05, 0) is 50.9 Å². The van der Waals surface area contributed by atoms with Gasteiger partial charge >= 0.3 is 6.18 Å². The fourth-order valence-corrected chi connectivity index (χ4v) is 2.73. The SMILES string of the molecule is CC(C1CC1)N(C)CC(=O)Nc1ccc2nc(C(F)(F)F)[nH]c2c1. The molecule has 1 heterocycles. The quantitative estimate of drug-likeness (QED) is 0.878. The molecule has 1 saturated carbocycles. The predicted octanol–water partition coefficient (Wildman–Crippen LogP) is 3.25. The Labute approximate surface area is 137 Å². The molecule has 1 aromatic carbocycles. The van der Waals surface area contributed by atoms with Crippen molar-refractivity contribution in [1.29, 1.82) is 0 Å². The average Bonchev–Trinajstić information content (AvgIpc) is 3.24. The largest absolute Gasteiger partial charge is 0.449 e. The van der Waals surface area contributed by atoms with Gasteiger partial charge in [-0.2, -0.15) is 13.2 Å². The number of aromatic amines is 1. The van der Waals surface area contributed by atoms with Crippen molar-refractivity contribution < 1.29 is 18.0 Å². The maximum Gasteiger partial charge on any atom is 0.449 e. The summed E-state index contributed by atoms with van der Waals surface area (Å²) in [6.07, 6.45) is -2.12. The molecule has 1 unspecified atom stereocenters. The molecule has 2 N–H and O–H groups in total. The molecule has 130 valence electrons. The number of imidazole rings is 1. The second kappa shape index (κ2) is 6.08. The zero-order chi connectivity index (χ0) is 17.5. The first-order valence-electron chi connectivity index (χ1n) is 7.81. The standard InChI is InChI=1S/C16H19F3N4O/c1-9(10-3-4-10)23(2)8-14(24)20-11-5-6-12-13(7-11)22-15(21-12)16(17,18)19/h5-7,9-10H,3-4,8H2,1-2H3,(H,20,24)(H,21,22). The summed E-state index contributed by atoms with van der Waals surface area (Å²) in [6.45, 7) is 2.34. The Morgan fingerprint density at radius 1 is 1.46 bits per heavy atom. The Morgan fingerprint density at radius 2 is 2.17 bits per heavy atom. The number of likely N-dealkylation sites (N-methyl/N-ethyl adjacent to an activating group) is 1. The molecule has 0 bridgehead atoms. The summed E-state index contributed by atoms with van der Waals surface area (Å²) < 4.78 is 38.0. The second-order valence-electron chi connectivity index (χ2n) is 6.36. The van der Waals surface area contributed by atoms with Crippen LogP contribution in [0.25, 0.3) is 11.0 Å². The van der Waals surface area contributed by atoms with E-state index in [1.54, 1.807) is 6.07 Å². The van der Waals surface area contributed by atoms with E-state index in [0.29, 0.717) is 17.6 Å². The minimum atomic E-state index is -4.52. The number of hydrogen-bond donors (Lipinski definition) is 2. The number of alkyl halides is 3. The van der Waals surface area contributed by atoms with E-state index in [1.165, 1.54) is 25.0 Å². The van der Waals surface area contributed by atoms with Gasteiger partial charge in [0, 0.05) is 11.7 Å². The predicted molar refractivity (Wildman–Crippen MR) is 84.5 cm³/mol. The molecule has 1 aliphatic rings. The van der Waals surface area contributed by atoms with Gasteiger partial charge in [-0.1, -0.05) is 0 Å². The second-order valence-corrected chi connectivity index (χ2v) is 6.36. The van der Waals surface area contributed by atoms with Gasteiger partial charge in [0.2, 0.25) is 11.7 Å². The van der Waals surface area contributed by atoms with Gasteiger partial charge in [0.1, 0.15) is 0 Å². The Hall–Kier alpha value is -2.09. The van der Waals surface area contributed by atoms with Crippen LogP contribution in [0.5, 0.6) is 0 Å². The highest BCUT2D eigenvalue weighted by molar-refractivity contribution is 5.94. The van der Waals surface area contributed by atoms with Crippen LogP contribution in [0.4, 0.5) is 18.9 Å². The van der Waals surface area contributed by atoms with E-state index in [-0.39, 0.29) is 23.5 Å². The fraction of sp³-hybridized carbons (Fsp3) is 0.500. The van der Waals surface area contributed by atoms with E-state index in [2.05, 4.69) is 22.2 Å². The van der Waals surface area contributed by atoms with E-state index >= 15 is 0 Å². The van der Waals surface area contributed by atoms with E-state index in [9.17, 15) is 18.0 Å². The Morgan fingerprint density at radius 3 is 2.79 bits per heavy atom. The first-order valence-corrected chi connectivity index (χ1v) is 7.81. The van der Waals surface area contributed by atoms with Crippen LogP contribution >= 0.6 is 0 Å². The first-order chi connectivity index (χ1) is 11.2. The molecule has 3 rings (SSSR count). The highest BCUT2D eigenvalue weighted by Crippen LogP contribution is 2.34. The third-order valence-electron chi connectivity index (χ3n) is 4.43. The lowest BCUT2D eigenvalue weighted by Gasteiger charge is -2.23. The van der Waals surface area contributed by atoms with E-state index in [1.807, 2.05) is 11.9 Å². The highest BCUT2D eigenvalue weighted by Gasteiger charge is 2.34. The molecule has 8 heteroatoms. The van der Waals surface area contributed by atoms with Crippen LogP contribution in [0.15, 0.2) is 18.2 Å². The number of nitrogens with one attached hydrogen (secondary N) is 2. The monoisotopic (exact) mass is 340 g/mol. The lowest BCUT2D eigenvalue weighted by atomic mass is 10.2. The number of nitrogens with zero attached hydrogens (tertiary/aromatic N) is 2. The van der Waals surface area contributed by atoms with Crippen LogP contribution in [0.1, 0.15) is 25.6 Å². The maximum atomic E-state index is 12.7. The molecule has 1 amide bonds. The number of aromatic nitrogens is 2. The lowest BCUT2D eigenvalue weighted by Crippen LogP contribution is -2.37. The highest BCUT2D eigenvalue weighted by atomic mass is 19.4. The summed E-state index contributed by atoms with van der Waals surface area (Å²) in [5.74, 6) is -0.580. The molecular weight excluding hydrogens is 321 g/mol. The average molecular weight is 340 g/mol. The van der Waals surface area contributed by atoms with Crippen molar-refractivity contribution >= 4 is 22.6 Å². The summed E-state index contributed by atoms with van der Waals surface area (Å²) in [6, 6.07) is 4.80. The Kier molecular flexibility index (Phi) is 4.25. The fourth-order valence-electron chi connectivity index (χ4n) is 2.73. The number of rotatable bonds is 5. The number of carbonyl (C=O) groups is 1. The van der Waals surface area contributed by atoms with Crippen molar-refractivity contribution in [1.82, 2.24) is 14.9 Å². The molecular formula is C16H19F3N4O. The van der Waals surface area contributed by atoms with Gasteiger partial charge in [0.15, 0.2) is 0 Å². The summed E-state index contributed by atoms with van der Waals surface area (Å²) in [5.41, 5.74) is 0.886. The summed E-state index contributed by atoms with van der Waals surface area (Å²) in [7, 11) is 1.90. The molecule has 24 heavy (non-hydrogen) atoms. The first kappa shape index (κ1) is 16.8. The van der Waals surface area contributed by atoms with Crippen LogP contribution < -0.4 is 5.32 Å². The molecule has 0 radical (unpaired) electrons. The van der Waals surface area contributed by atoms with Crippen molar-refractivity contribution in [2.45, 2.75) is 32.0 Å². The van der Waals surface area contributed by atoms with Crippen LogP contribution in [-0.4, -0.2) is 40.4 Å². The summed E-state index contributed by atoms with van der Waals surface area (Å²) in [5, 5.41) is 2.72. The van der Waals surface area contributed by atoms with Crippen LogP contribution in [0.3, 0.4) is 0 Å². The molecule has 1 aliphatic carbocycles. The van der Waals surface area contributed by atoms with E-state index in [0.717, 1.165) is 0 Å². The topological polar surface area (TPSA) is 61.0 Å². The van der Waals surface area contributed by atoms with Crippen LogP contribution in [0.2, 0.25) is 0 Å². The molecule has 1 aromatic heterocycles. The van der Waals surface area contributed by atoms with Gasteiger partial charge in [-0.15, -0.1) is 0 Å². The van der Waals surface area contributed by atoms with Crippen LogP contribution in [0, 0.1) is 5.92 Å². The molecule has 1 atom stereocenters. The number of amides is 1. The minimum absolute atomic E-state index is 0.195. The van der Waals surface area contributed by atoms with Gasteiger partial charge in [0.05, 0.1) is 17.6 Å². The van der Waals surface area contributed by atoms with Crippen LogP contribution in [-0.2, 0) is 11.0 Å². The van der Waals surface area contributed by atoms with E-state index < -0.39 is 12.0 Å². The van der Waals surface area contributed by atoms with Gasteiger partial charge < -0.3 is 10.3 Å². The van der Waals surface area contributed by atoms with Crippen molar-refractivity contribution in [3.8, 4) is 0 Å². The zero-order valence-electron chi connectivity index (χ0n) is 13.4. The number of benzene rings is 1. The number of carbonyl (C=O) groups excluding carboxylic acids is 1. The lowest BCUT2D eigenvalue weighted by molar-refractivity contribution is -0.144. The normalized spacial score (nSPS) is 16.6. The van der Waals surface area contributed by atoms with Gasteiger partial charge in [-0.3, -0.25) is 9.69 Å². The Balaban J connectivity index is 1.67. The zero-order valence-corrected chi connectivity index (χ0v) is 13.4. The van der Waals surface area contributed by atoms with Crippen molar-refractivity contribution in [2.24, 2.45) is 5.92 Å². The maximum absolute atomic E-state index is 12.7.